The van der Waals surface area contributed by atoms with E-state index in [2.05, 4.69) is 15.9 Å². The number of alkyl halides is 1. The number of para-hydroxylation sites is 1. The van der Waals surface area contributed by atoms with Gasteiger partial charge in [-0.3, -0.25) is 0 Å². The molecule has 0 aliphatic heterocycles. The van der Waals surface area contributed by atoms with Gasteiger partial charge in [-0.15, -0.1) is 11.3 Å². The molecular weight excluding hydrogens is 350 g/mol. The Kier molecular flexibility index (Phi) is 6.50. The maximum Gasteiger partial charge on any atom is 0.247 e. The number of benzene rings is 1. The second-order valence-electron chi connectivity index (χ2n) is 3.42. The number of halogens is 1. The van der Waals surface area contributed by atoms with Crippen molar-refractivity contribution in [3.63, 3.8) is 0 Å². The highest BCUT2D eigenvalue weighted by Crippen LogP contribution is 2.19. The van der Waals surface area contributed by atoms with Crippen molar-refractivity contribution < 1.29 is 13.2 Å². The normalized spacial score (nSPS) is 10.5. The highest BCUT2D eigenvalue weighted by Gasteiger charge is 2.06. The molecular formula is C12H14BrNO3S2. The van der Waals surface area contributed by atoms with E-state index >= 15 is 0 Å². The van der Waals surface area contributed by atoms with E-state index in [1.165, 1.54) is 11.6 Å². The van der Waals surface area contributed by atoms with Crippen molar-refractivity contribution in [2.75, 3.05) is 7.11 Å². The molecule has 2 N–H and O–H groups in total. The zero-order valence-electron chi connectivity index (χ0n) is 10.2. The molecule has 2 aromatic rings. The van der Waals surface area contributed by atoms with Gasteiger partial charge >= 0.3 is 0 Å². The Bertz CT molecular complexity index is 574. The van der Waals surface area contributed by atoms with Crippen LogP contribution >= 0.6 is 27.3 Å². The molecule has 0 saturated carbocycles. The van der Waals surface area contributed by atoms with Gasteiger partial charge in [0, 0.05) is 10.9 Å². The van der Waals surface area contributed by atoms with Crippen LogP contribution in [0.5, 0.6) is 5.75 Å². The quantitative estimate of drug-likeness (QED) is 0.852. The predicted octanol–water partition coefficient (Wildman–Crippen LogP) is 2.99. The number of methoxy groups -OCH3 is 1. The van der Waals surface area contributed by atoms with Crippen molar-refractivity contribution in [2.24, 2.45) is 5.14 Å². The summed E-state index contributed by atoms with van der Waals surface area (Å²) in [7, 11) is -1.76. The van der Waals surface area contributed by atoms with Gasteiger partial charge in [0.25, 0.3) is 0 Å². The minimum atomic E-state index is -3.44. The molecule has 0 saturated heterocycles. The van der Waals surface area contributed by atoms with Gasteiger partial charge in [0.1, 0.15) is 9.96 Å². The van der Waals surface area contributed by atoms with Gasteiger partial charge in [0.15, 0.2) is 0 Å². The summed E-state index contributed by atoms with van der Waals surface area (Å²) >= 11 is 4.49. The van der Waals surface area contributed by atoms with Crippen molar-refractivity contribution in [2.45, 2.75) is 9.54 Å². The van der Waals surface area contributed by atoms with E-state index in [-0.39, 0.29) is 4.21 Å². The number of ether oxygens (including phenoxy) is 1. The second kappa shape index (κ2) is 7.64. The molecule has 1 aromatic heterocycles. The van der Waals surface area contributed by atoms with Crippen LogP contribution in [0, 0.1) is 0 Å². The number of thiophene rings is 1. The van der Waals surface area contributed by atoms with Crippen LogP contribution in [-0.2, 0) is 15.4 Å². The summed E-state index contributed by atoms with van der Waals surface area (Å²) in [6.45, 7) is 0. The molecule has 0 fully saturated rings. The third kappa shape index (κ3) is 5.32. The Hall–Kier alpha value is -0.890. The number of nitrogens with two attached hydrogens (primary N) is 1. The van der Waals surface area contributed by atoms with E-state index in [0.717, 1.165) is 22.4 Å². The average Bonchev–Trinajstić information content (AvgIpc) is 2.93. The zero-order valence-corrected chi connectivity index (χ0v) is 13.5. The van der Waals surface area contributed by atoms with Crippen LogP contribution in [-0.4, -0.2) is 15.5 Å². The lowest BCUT2D eigenvalue weighted by molar-refractivity contribution is 0.411. The van der Waals surface area contributed by atoms with Crippen LogP contribution in [0.15, 0.2) is 46.0 Å². The predicted molar refractivity (Wildman–Crippen MR) is 81.3 cm³/mol. The molecule has 0 unspecified atom stereocenters. The number of primary sulfonamides is 1. The highest BCUT2D eigenvalue weighted by atomic mass is 79.9. The van der Waals surface area contributed by atoms with Gasteiger partial charge in [0.05, 0.1) is 7.11 Å². The average molecular weight is 364 g/mol. The van der Waals surface area contributed by atoms with E-state index in [0.29, 0.717) is 0 Å². The minimum absolute atomic E-state index is 0.211. The third-order valence-corrected chi connectivity index (χ3v) is 5.06. The maximum atomic E-state index is 10.5. The van der Waals surface area contributed by atoms with Gasteiger partial charge in [-0.25, -0.2) is 13.6 Å². The summed E-state index contributed by atoms with van der Waals surface area (Å²) in [5, 5.41) is 7.29. The monoisotopic (exact) mass is 363 g/mol. The van der Waals surface area contributed by atoms with Crippen LogP contribution < -0.4 is 9.88 Å². The summed E-state index contributed by atoms with van der Waals surface area (Å²) in [6, 6.07) is 11.1. The van der Waals surface area contributed by atoms with Gasteiger partial charge in [-0.2, -0.15) is 0 Å². The first-order valence-electron chi connectivity index (χ1n) is 5.23. The number of rotatable bonds is 3. The smallest absolute Gasteiger partial charge is 0.247 e. The summed E-state index contributed by atoms with van der Waals surface area (Å²) in [6.07, 6.45) is 0. The van der Waals surface area contributed by atoms with Crippen LogP contribution in [0.2, 0.25) is 0 Å². The molecule has 0 spiro atoms. The molecule has 0 atom stereocenters. The molecule has 2 rings (SSSR count). The van der Waals surface area contributed by atoms with Gasteiger partial charge in [0.2, 0.25) is 10.0 Å². The van der Waals surface area contributed by atoms with Crippen LogP contribution in [0.25, 0.3) is 0 Å². The van der Waals surface area contributed by atoms with Crippen molar-refractivity contribution in [1.82, 2.24) is 0 Å². The molecule has 0 bridgehead atoms. The van der Waals surface area contributed by atoms with Crippen LogP contribution in [0.4, 0.5) is 0 Å². The Morgan fingerprint density at radius 2 is 1.95 bits per heavy atom. The van der Waals surface area contributed by atoms with Crippen LogP contribution in [0.1, 0.15) is 5.56 Å². The molecule has 0 amide bonds. The second-order valence-corrected chi connectivity index (χ2v) is 6.72. The molecule has 1 aromatic carbocycles. The van der Waals surface area contributed by atoms with Gasteiger partial charge < -0.3 is 4.74 Å². The lowest BCUT2D eigenvalue weighted by Crippen LogP contribution is -2.09. The first-order chi connectivity index (χ1) is 8.99. The molecule has 4 nitrogen and oxygen atoms in total. The van der Waals surface area contributed by atoms with E-state index in [9.17, 15) is 8.42 Å². The van der Waals surface area contributed by atoms with Crippen molar-refractivity contribution in [1.29, 1.82) is 0 Å². The fourth-order valence-electron chi connectivity index (χ4n) is 1.24. The van der Waals surface area contributed by atoms with Gasteiger partial charge in [-0.05, 0) is 17.5 Å². The first kappa shape index (κ1) is 16.2. The molecule has 19 heavy (non-hydrogen) atoms. The summed E-state index contributed by atoms with van der Waals surface area (Å²) < 4.78 is 26.3. The molecule has 0 radical (unpaired) electrons. The maximum absolute atomic E-state index is 10.5. The topological polar surface area (TPSA) is 69.4 Å². The SMILES string of the molecule is COc1ccccc1CBr.NS(=O)(=O)c1cccs1. The Morgan fingerprint density at radius 1 is 1.26 bits per heavy atom. The molecule has 0 aliphatic rings. The van der Waals surface area contributed by atoms with Crippen LogP contribution in [0.3, 0.4) is 0 Å². The highest BCUT2D eigenvalue weighted by molar-refractivity contribution is 9.08. The fraction of sp³-hybridized carbons (Fsp3) is 0.167. The molecule has 0 aliphatic carbocycles. The van der Waals surface area contributed by atoms with Crippen molar-refractivity contribution >= 4 is 37.3 Å². The lowest BCUT2D eigenvalue weighted by Gasteiger charge is -2.03. The largest absolute Gasteiger partial charge is 0.496 e. The standard InChI is InChI=1S/C8H9BrO.C4H5NO2S2/c1-10-8-5-3-2-4-7(8)6-9;5-9(6,7)4-2-1-3-8-4/h2-5H,6H2,1H3;1-3H,(H2,5,6,7). The summed E-state index contributed by atoms with van der Waals surface area (Å²) in [5.74, 6) is 0.944. The number of sulfonamides is 1. The lowest BCUT2D eigenvalue weighted by atomic mass is 10.2. The minimum Gasteiger partial charge on any atom is -0.496 e. The van der Waals surface area contributed by atoms with Gasteiger partial charge in [-0.1, -0.05) is 40.2 Å². The fourth-order valence-corrected chi connectivity index (χ4v) is 3.12. The van der Waals surface area contributed by atoms with E-state index in [1.807, 2.05) is 24.3 Å². The summed E-state index contributed by atoms with van der Waals surface area (Å²) in [4.78, 5) is 0. The third-order valence-electron chi connectivity index (χ3n) is 2.11. The summed E-state index contributed by atoms with van der Waals surface area (Å²) in [5.41, 5.74) is 1.19. The van der Waals surface area contributed by atoms with Crippen molar-refractivity contribution in [3.05, 3.63) is 47.3 Å². The van der Waals surface area contributed by atoms with E-state index in [4.69, 9.17) is 9.88 Å². The van der Waals surface area contributed by atoms with E-state index in [1.54, 1.807) is 18.6 Å². The van der Waals surface area contributed by atoms with Crippen molar-refractivity contribution in [3.8, 4) is 5.75 Å². The molecule has 104 valence electrons. The van der Waals surface area contributed by atoms with E-state index < -0.39 is 10.0 Å². The molecule has 1 heterocycles. The Labute approximate surface area is 125 Å². The number of hydrogen-bond acceptors (Lipinski definition) is 4. The zero-order chi connectivity index (χ0) is 14.3. The molecule has 7 heteroatoms. The first-order valence-corrected chi connectivity index (χ1v) is 8.78. The Morgan fingerprint density at radius 3 is 2.32 bits per heavy atom. The number of hydrogen-bond donors (Lipinski definition) is 1. The Balaban J connectivity index is 0.000000191.